The predicted octanol–water partition coefficient (Wildman–Crippen LogP) is -1.22. The Kier molecular flexibility index (Phi) is 3.88. The number of rotatable bonds is 2. The summed E-state index contributed by atoms with van der Waals surface area (Å²) in [7, 11) is 0. The molecular weight excluding hydrogens is 172 g/mol. The molecule has 2 amide bonds. The molecule has 0 saturated carbocycles. The zero-order chi connectivity index (χ0) is 10.5. The number of hydrogen-bond donors (Lipinski definition) is 3. The molecule has 0 aliphatic rings. The highest BCUT2D eigenvalue weighted by atomic mass is 16.2. The fourth-order valence-corrected chi connectivity index (χ4v) is 0.568. The summed E-state index contributed by atoms with van der Waals surface area (Å²) in [6.07, 6.45) is 0.410. The summed E-state index contributed by atoms with van der Waals surface area (Å²) in [6, 6.07) is 1.89. The lowest BCUT2D eigenvalue weighted by Crippen LogP contribution is -2.51. The summed E-state index contributed by atoms with van der Waals surface area (Å²) < 4.78 is 0. The Bertz CT molecular complexity index is 258. The van der Waals surface area contributed by atoms with Gasteiger partial charge in [-0.2, -0.15) is 5.26 Å². The van der Waals surface area contributed by atoms with Crippen LogP contribution in [0.5, 0.6) is 0 Å². The van der Waals surface area contributed by atoms with E-state index in [4.69, 9.17) is 11.1 Å². The number of hydrazine groups is 1. The molecule has 6 heteroatoms. The molecule has 0 heterocycles. The fourth-order valence-electron chi connectivity index (χ4n) is 0.568. The molecule has 4 N–H and O–H groups in total. The van der Waals surface area contributed by atoms with Crippen molar-refractivity contribution in [1.82, 2.24) is 10.7 Å². The van der Waals surface area contributed by atoms with Crippen molar-refractivity contribution >= 4 is 11.8 Å². The summed E-state index contributed by atoms with van der Waals surface area (Å²) >= 11 is 0. The van der Waals surface area contributed by atoms with E-state index in [1.165, 1.54) is 6.92 Å². The van der Waals surface area contributed by atoms with Crippen LogP contribution in [0.3, 0.4) is 0 Å². The minimum atomic E-state index is -1.02. The van der Waals surface area contributed by atoms with Crippen LogP contribution in [0.2, 0.25) is 0 Å². The van der Waals surface area contributed by atoms with E-state index in [-0.39, 0.29) is 0 Å². The molecular formula is C7H12N4O2. The van der Waals surface area contributed by atoms with Gasteiger partial charge in [-0.1, -0.05) is 6.92 Å². The maximum Gasteiger partial charge on any atom is 0.323 e. The second kappa shape index (κ2) is 4.42. The topological polar surface area (TPSA) is 108 Å². The van der Waals surface area contributed by atoms with Crippen LogP contribution in [0, 0.1) is 11.3 Å². The summed E-state index contributed by atoms with van der Waals surface area (Å²) in [6.45, 7) is 3.25. The maximum absolute atomic E-state index is 11.0. The van der Waals surface area contributed by atoms with Crippen molar-refractivity contribution in [2.24, 2.45) is 5.84 Å². The maximum atomic E-state index is 11.0. The highest BCUT2D eigenvalue weighted by Crippen LogP contribution is 2.06. The van der Waals surface area contributed by atoms with Gasteiger partial charge in [-0.3, -0.25) is 15.0 Å². The zero-order valence-corrected chi connectivity index (χ0v) is 7.55. The highest BCUT2D eigenvalue weighted by Gasteiger charge is 2.26. The van der Waals surface area contributed by atoms with Gasteiger partial charge in [-0.15, -0.1) is 0 Å². The van der Waals surface area contributed by atoms with Crippen molar-refractivity contribution < 1.29 is 9.59 Å². The number of nitriles is 1. The van der Waals surface area contributed by atoms with Crippen molar-refractivity contribution in [3.63, 3.8) is 0 Å². The van der Waals surface area contributed by atoms with Crippen molar-refractivity contribution in [2.75, 3.05) is 0 Å². The van der Waals surface area contributed by atoms with Gasteiger partial charge in [0.1, 0.15) is 5.54 Å². The molecule has 1 unspecified atom stereocenters. The van der Waals surface area contributed by atoms with Crippen molar-refractivity contribution in [3.8, 4) is 6.07 Å². The first kappa shape index (κ1) is 11.4. The molecule has 0 saturated heterocycles. The molecule has 0 radical (unpaired) electrons. The van der Waals surface area contributed by atoms with Crippen molar-refractivity contribution in [2.45, 2.75) is 25.8 Å². The first-order valence-electron chi connectivity index (χ1n) is 3.73. The van der Waals surface area contributed by atoms with Crippen LogP contribution in [0.25, 0.3) is 0 Å². The quantitative estimate of drug-likeness (QED) is 0.216. The van der Waals surface area contributed by atoms with Gasteiger partial charge in [0.2, 0.25) is 0 Å². The molecule has 6 nitrogen and oxygen atoms in total. The molecule has 0 bridgehead atoms. The number of carbonyl (C=O) groups excluding carboxylic acids is 2. The highest BCUT2D eigenvalue weighted by molar-refractivity contribution is 6.35. The number of nitrogens with one attached hydrogen (secondary N) is 2. The third-order valence-electron chi connectivity index (χ3n) is 1.68. The van der Waals surface area contributed by atoms with E-state index in [2.05, 4.69) is 5.32 Å². The molecule has 1 atom stereocenters. The van der Waals surface area contributed by atoms with Crippen molar-refractivity contribution in [3.05, 3.63) is 0 Å². The standard InChI is InChI=1S/C7H12N4O2/c1-3-7(2,4-8)10-5(12)6(13)11-9/h3,9H2,1-2H3,(H,10,12)(H,11,13). The van der Waals surface area contributed by atoms with E-state index in [0.717, 1.165) is 0 Å². The van der Waals surface area contributed by atoms with E-state index in [1.54, 1.807) is 12.3 Å². The van der Waals surface area contributed by atoms with Crippen LogP contribution in [0.1, 0.15) is 20.3 Å². The fraction of sp³-hybridized carbons (Fsp3) is 0.571. The van der Waals surface area contributed by atoms with E-state index in [1.807, 2.05) is 6.07 Å². The second-order valence-corrected chi connectivity index (χ2v) is 2.73. The molecule has 0 aliphatic carbocycles. The van der Waals surface area contributed by atoms with Crippen LogP contribution in [0.15, 0.2) is 0 Å². The molecule has 0 aromatic heterocycles. The lowest BCUT2D eigenvalue weighted by Gasteiger charge is -2.20. The van der Waals surface area contributed by atoms with Crippen LogP contribution in [0.4, 0.5) is 0 Å². The Morgan fingerprint density at radius 2 is 2.08 bits per heavy atom. The van der Waals surface area contributed by atoms with E-state index in [0.29, 0.717) is 6.42 Å². The Balaban J connectivity index is 4.36. The van der Waals surface area contributed by atoms with Crippen LogP contribution in [-0.4, -0.2) is 17.4 Å². The van der Waals surface area contributed by atoms with E-state index < -0.39 is 17.4 Å². The Labute approximate surface area is 76.1 Å². The summed E-state index contributed by atoms with van der Waals surface area (Å²) in [4.78, 5) is 21.6. The zero-order valence-electron chi connectivity index (χ0n) is 7.55. The van der Waals surface area contributed by atoms with Gasteiger partial charge in [0.25, 0.3) is 0 Å². The average Bonchev–Trinajstić information content (AvgIpc) is 2.16. The normalized spacial score (nSPS) is 13.7. The van der Waals surface area contributed by atoms with Gasteiger partial charge < -0.3 is 5.32 Å². The third kappa shape index (κ3) is 3.09. The molecule has 13 heavy (non-hydrogen) atoms. The number of hydrogen-bond acceptors (Lipinski definition) is 4. The van der Waals surface area contributed by atoms with Crippen molar-refractivity contribution in [1.29, 1.82) is 5.26 Å². The van der Waals surface area contributed by atoms with Gasteiger partial charge in [-0.05, 0) is 13.3 Å². The predicted molar refractivity (Wildman–Crippen MR) is 44.8 cm³/mol. The number of carbonyl (C=O) groups is 2. The summed E-state index contributed by atoms with van der Waals surface area (Å²) in [5.41, 5.74) is 0.651. The first-order valence-corrected chi connectivity index (χ1v) is 3.73. The molecule has 0 fully saturated rings. The van der Waals surface area contributed by atoms with Gasteiger partial charge in [0.15, 0.2) is 0 Å². The number of nitrogens with zero attached hydrogens (tertiary/aromatic N) is 1. The smallest absolute Gasteiger partial charge is 0.323 e. The van der Waals surface area contributed by atoms with Crippen LogP contribution in [-0.2, 0) is 9.59 Å². The number of amides is 2. The number of nitrogens with two attached hydrogens (primary N) is 1. The third-order valence-corrected chi connectivity index (χ3v) is 1.68. The van der Waals surface area contributed by atoms with Gasteiger partial charge in [0.05, 0.1) is 6.07 Å². The lowest BCUT2D eigenvalue weighted by molar-refractivity contribution is -0.140. The SMILES string of the molecule is CCC(C)(C#N)NC(=O)C(=O)NN. The second-order valence-electron chi connectivity index (χ2n) is 2.73. The van der Waals surface area contributed by atoms with Gasteiger partial charge >= 0.3 is 11.8 Å². The van der Waals surface area contributed by atoms with Gasteiger partial charge in [-0.25, -0.2) is 5.84 Å². The first-order chi connectivity index (χ1) is 5.99. The molecule has 0 spiro atoms. The van der Waals surface area contributed by atoms with Gasteiger partial charge in [0, 0.05) is 0 Å². The van der Waals surface area contributed by atoms with Crippen LogP contribution >= 0.6 is 0 Å². The molecule has 0 aromatic carbocycles. The Hall–Kier alpha value is -1.61. The molecule has 0 aromatic rings. The van der Waals surface area contributed by atoms with Crippen LogP contribution < -0.4 is 16.6 Å². The summed E-state index contributed by atoms with van der Waals surface area (Å²) in [5, 5.41) is 10.9. The molecule has 0 aliphatic heterocycles. The Morgan fingerprint density at radius 3 is 2.38 bits per heavy atom. The average molecular weight is 184 g/mol. The molecule has 72 valence electrons. The molecule has 0 rings (SSSR count). The van der Waals surface area contributed by atoms with E-state index in [9.17, 15) is 9.59 Å². The largest absolute Gasteiger partial charge is 0.330 e. The monoisotopic (exact) mass is 184 g/mol. The minimum Gasteiger partial charge on any atom is -0.330 e. The van der Waals surface area contributed by atoms with E-state index >= 15 is 0 Å². The lowest BCUT2D eigenvalue weighted by atomic mass is 10.0. The minimum absolute atomic E-state index is 0.410. The Morgan fingerprint density at radius 1 is 1.54 bits per heavy atom. The summed E-state index contributed by atoms with van der Waals surface area (Å²) in [5.74, 6) is 2.86.